The first kappa shape index (κ1) is 44.5. The highest BCUT2D eigenvalue weighted by atomic mass is 16.4. The predicted octanol–water partition coefficient (Wildman–Crippen LogP) is -2.83. The Hall–Kier alpha value is -4.52. The molecular weight excluding hydrogens is 666 g/mol. The number of aliphatic carboxylic acids is 1. The second kappa shape index (κ2) is 23.0. The lowest BCUT2D eigenvalue weighted by Crippen LogP contribution is -2.58. The Morgan fingerprint density at radius 1 is 0.824 bits per heavy atom. The molecule has 5 atom stereocenters. The van der Waals surface area contributed by atoms with Gasteiger partial charge in [-0.2, -0.15) is 0 Å². The molecule has 0 spiro atoms. The first-order chi connectivity index (χ1) is 24.0. The molecule has 1 saturated heterocycles. The molecule has 14 N–H and O–H groups in total. The van der Waals surface area contributed by atoms with Crippen molar-refractivity contribution in [2.24, 2.45) is 29.0 Å². The molecule has 1 aliphatic heterocycles. The summed E-state index contributed by atoms with van der Waals surface area (Å²) in [6.45, 7) is 7.16. The summed E-state index contributed by atoms with van der Waals surface area (Å²) >= 11 is 0. The molecule has 290 valence electrons. The van der Waals surface area contributed by atoms with Gasteiger partial charge in [-0.25, -0.2) is 4.79 Å². The molecule has 0 saturated carbocycles. The van der Waals surface area contributed by atoms with E-state index in [9.17, 15) is 38.7 Å². The fraction of sp³-hybridized carbons (Fsp3) is 0.750. The lowest BCUT2D eigenvalue weighted by molar-refractivity contribution is -0.144. The molecule has 6 amide bonds. The maximum absolute atomic E-state index is 13.6. The molecule has 0 aliphatic carbocycles. The maximum atomic E-state index is 13.6. The Morgan fingerprint density at radius 2 is 1.47 bits per heavy atom. The Balaban J connectivity index is 3.03. The van der Waals surface area contributed by atoms with Crippen LogP contribution in [0.5, 0.6) is 0 Å². The highest BCUT2D eigenvalue weighted by Gasteiger charge is 2.36. The van der Waals surface area contributed by atoms with Gasteiger partial charge in [0.25, 0.3) is 0 Å². The number of likely N-dealkylation sites (tertiary alicyclic amines) is 1. The number of amides is 6. The molecule has 0 aromatic rings. The summed E-state index contributed by atoms with van der Waals surface area (Å²) in [6.07, 6.45) is 2.74. The Labute approximate surface area is 299 Å². The highest BCUT2D eigenvalue weighted by Crippen LogP contribution is 2.18. The van der Waals surface area contributed by atoms with Crippen molar-refractivity contribution in [1.29, 1.82) is 5.41 Å². The van der Waals surface area contributed by atoms with E-state index in [1.54, 1.807) is 13.8 Å². The van der Waals surface area contributed by atoms with Crippen LogP contribution < -0.4 is 49.1 Å². The van der Waals surface area contributed by atoms with Crippen LogP contribution in [0.1, 0.15) is 79.1 Å². The molecule has 0 bridgehead atoms. The van der Waals surface area contributed by atoms with Gasteiger partial charge in [0.2, 0.25) is 35.4 Å². The lowest BCUT2D eigenvalue weighted by atomic mass is 10.0. The largest absolute Gasteiger partial charge is 0.480 e. The number of unbranched alkanes of at least 4 members (excludes halogenated alkanes) is 1. The zero-order valence-electron chi connectivity index (χ0n) is 30.2. The Morgan fingerprint density at radius 3 is 2.04 bits per heavy atom. The quantitative estimate of drug-likeness (QED) is 0.0289. The van der Waals surface area contributed by atoms with Crippen molar-refractivity contribution >= 4 is 47.4 Å². The summed E-state index contributed by atoms with van der Waals surface area (Å²) in [5.41, 5.74) is 16.2. The second-order valence-electron chi connectivity index (χ2n) is 13.4. The summed E-state index contributed by atoms with van der Waals surface area (Å²) in [6, 6.07) is -5.25. The second-order valence-corrected chi connectivity index (χ2v) is 13.4. The van der Waals surface area contributed by atoms with Crippen LogP contribution in [0.4, 0.5) is 0 Å². The number of hydrogen-bond acceptors (Lipinski definition) is 10. The van der Waals surface area contributed by atoms with Crippen molar-refractivity contribution in [3.8, 4) is 0 Å². The van der Waals surface area contributed by atoms with Crippen molar-refractivity contribution in [2.75, 3.05) is 32.7 Å². The van der Waals surface area contributed by atoms with Crippen molar-refractivity contribution < 1.29 is 38.7 Å². The van der Waals surface area contributed by atoms with Gasteiger partial charge in [-0.05, 0) is 69.7 Å². The molecule has 51 heavy (non-hydrogen) atoms. The van der Waals surface area contributed by atoms with E-state index in [1.165, 1.54) is 4.90 Å². The minimum Gasteiger partial charge on any atom is -0.480 e. The van der Waals surface area contributed by atoms with Gasteiger partial charge in [0, 0.05) is 13.1 Å². The molecule has 0 radical (unpaired) electrons. The zero-order valence-corrected chi connectivity index (χ0v) is 30.2. The molecule has 0 unspecified atom stereocenters. The minimum atomic E-state index is -1.19. The van der Waals surface area contributed by atoms with Crippen LogP contribution in [0.25, 0.3) is 0 Å². The predicted molar refractivity (Wildman–Crippen MR) is 189 cm³/mol. The van der Waals surface area contributed by atoms with Crippen LogP contribution in [0, 0.1) is 17.2 Å². The van der Waals surface area contributed by atoms with Crippen molar-refractivity contribution in [3.05, 3.63) is 0 Å². The third kappa shape index (κ3) is 16.4. The summed E-state index contributed by atoms with van der Waals surface area (Å²) in [5, 5.41) is 32.5. The number of carbonyl (C=O) groups excluding carboxylic acids is 6. The number of nitrogens with zero attached hydrogens (tertiary/aromatic N) is 1. The van der Waals surface area contributed by atoms with Crippen LogP contribution in [0.15, 0.2) is 0 Å². The molecule has 1 rings (SSSR count). The van der Waals surface area contributed by atoms with E-state index in [1.807, 2.05) is 13.8 Å². The van der Waals surface area contributed by atoms with Gasteiger partial charge in [-0.1, -0.05) is 27.7 Å². The summed E-state index contributed by atoms with van der Waals surface area (Å²) in [5.74, 6) is -5.53. The van der Waals surface area contributed by atoms with E-state index in [2.05, 4.69) is 31.9 Å². The van der Waals surface area contributed by atoms with E-state index in [-0.39, 0.29) is 56.7 Å². The van der Waals surface area contributed by atoms with Gasteiger partial charge in [0.05, 0.1) is 13.1 Å². The molecule has 1 aliphatic rings. The number of guanidine groups is 1. The van der Waals surface area contributed by atoms with Crippen LogP contribution in [0.3, 0.4) is 0 Å². The number of nitrogens with one attached hydrogen (secondary N) is 7. The standard InChI is InChI=1S/C32H59N11O8/c1-18(2)15-22(41-28(47)20(10-7-13-37-32(35)36)39-30(49)26(19(3)4)42-24(44)16-34)27(46)38-17-25(45)43-14-8-11-23(43)29(48)40-21(31(50)51)9-5-6-12-33/h18-23,26H,5-17,33-34H2,1-4H3,(H,38,46)(H,39,49)(H,40,48)(H,41,47)(H,42,44)(H,50,51)(H4,35,36,37)/t20-,21-,22-,23-,26-/m0/s1. The topological polar surface area (TPSA) is 317 Å². The van der Waals surface area contributed by atoms with E-state index in [0.29, 0.717) is 38.6 Å². The molecule has 19 nitrogen and oxygen atoms in total. The van der Waals surface area contributed by atoms with Gasteiger partial charge < -0.3 is 59.1 Å². The van der Waals surface area contributed by atoms with Crippen LogP contribution in [-0.4, -0.2) is 120 Å². The van der Waals surface area contributed by atoms with Crippen molar-refractivity contribution in [2.45, 2.75) is 109 Å². The third-order valence-corrected chi connectivity index (χ3v) is 8.26. The monoisotopic (exact) mass is 725 g/mol. The van der Waals surface area contributed by atoms with Gasteiger partial charge in [-0.15, -0.1) is 0 Å². The zero-order chi connectivity index (χ0) is 38.7. The average molecular weight is 726 g/mol. The average Bonchev–Trinajstić information content (AvgIpc) is 3.56. The van der Waals surface area contributed by atoms with E-state index in [4.69, 9.17) is 22.6 Å². The molecular formula is C32H59N11O8. The van der Waals surface area contributed by atoms with E-state index < -0.39 is 78.2 Å². The van der Waals surface area contributed by atoms with E-state index >= 15 is 0 Å². The van der Waals surface area contributed by atoms with Gasteiger partial charge in [0.15, 0.2) is 5.96 Å². The molecule has 0 aromatic carbocycles. The minimum absolute atomic E-state index is 0.0694. The first-order valence-electron chi connectivity index (χ1n) is 17.5. The third-order valence-electron chi connectivity index (χ3n) is 8.26. The fourth-order valence-corrected chi connectivity index (χ4v) is 5.55. The first-order valence-corrected chi connectivity index (χ1v) is 17.5. The van der Waals surface area contributed by atoms with Crippen molar-refractivity contribution in [3.63, 3.8) is 0 Å². The normalized spacial score (nSPS) is 16.4. The highest BCUT2D eigenvalue weighted by molar-refractivity contribution is 5.96. The summed E-state index contributed by atoms with van der Waals surface area (Å²) in [7, 11) is 0. The van der Waals surface area contributed by atoms with Gasteiger partial charge in [-0.3, -0.25) is 34.2 Å². The Bertz CT molecular complexity index is 1220. The fourth-order valence-electron chi connectivity index (χ4n) is 5.55. The summed E-state index contributed by atoms with van der Waals surface area (Å²) < 4.78 is 0. The lowest BCUT2D eigenvalue weighted by Gasteiger charge is -2.28. The number of carbonyl (C=O) groups is 7. The number of hydrogen-bond donors (Lipinski definition) is 11. The van der Waals surface area contributed by atoms with Crippen LogP contribution in [0.2, 0.25) is 0 Å². The SMILES string of the molecule is CC(C)C[C@H](NC(=O)[C@H](CCCNC(=N)N)NC(=O)[C@@H](NC(=O)CN)C(C)C)C(=O)NCC(=O)N1CCC[C@H]1C(=O)N[C@@H](CCCCN)C(=O)O. The smallest absolute Gasteiger partial charge is 0.326 e. The molecule has 0 aromatic heterocycles. The number of nitrogens with two attached hydrogens (primary N) is 3. The van der Waals surface area contributed by atoms with Crippen LogP contribution in [-0.2, 0) is 33.6 Å². The number of carboxylic acid groups (broad SMARTS) is 1. The maximum Gasteiger partial charge on any atom is 0.326 e. The van der Waals surface area contributed by atoms with Gasteiger partial charge in [0.1, 0.15) is 30.2 Å². The van der Waals surface area contributed by atoms with E-state index in [0.717, 1.165) is 0 Å². The summed E-state index contributed by atoms with van der Waals surface area (Å²) in [4.78, 5) is 91.3. The molecule has 1 fully saturated rings. The van der Waals surface area contributed by atoms with Crippen LogP contribution >= 0.6 is 0 Å². The van der Waals surface area contributed by atoms with Gasteiger partial charge >= 0.3 is 5.97 Å². The number of carboxylic acids is 1. The number of rotatable bonds is 23. The Kier molecular flexibility index (Phi) is 20.1. The van der Waals surface area contributed by atoms with Crippen molar-refractivity contribution in [1.82, 2.24) is 36.8 Å². The molecule has 1 heterocycles. The molecule has 19 heteroatoms.